The molecule has 0 saturated heterocycles. The standard InChI is InChI=1S/C24H28N6O2SSi.C18H24N6O2SSi.C16H26N2O3SSi.C9H8N4O3S2.CH4.2HI.O2S.Sm/c1-29-20-17(14-25-27-23(20)31)21-22(29)26-24(33-21)19(16-8-6-5-7-9-16)18-10-11-30(28-18)15-32-12-13-34(2,3)4;1-23-15-13(10-19-21-18(15)25)16-17(23)20-14(27-16)9-12-5-6-24(22-12)11-26-7-8-28(2,3)4;1-23(2,3)12-11-21-14-18-10-9-15(17)13-22(19,20)16-7-5-4-6-8-16;1-13-5-4(3-10-12-8(5)14)6-7(13)11-9(17-6)18(2,15)16;;;;1-3-2;/h5-11,14,19H,12-13,15H2,1-4H3,(H,27,31);5-6,10H,7-9,11H2,1-4H3,(H,21,25);4-10H,11-14,17H2,1-3H3;3H,1-2H3,(H,12,14);1H4;2*1H;;/q;;;;;;;;+2/p-2. The summed E-state index contributed by atoms with van der Waals surface area (Å²) < 4.78 is 92.4. The Morgan fingerprint density at radius 2 is 1.06 bits per heavy atom. The molecule has 0 aliphatic heterocycles. The predicted octanol–water partition coefficient (Wildman–Crippen LogP) is 12.2. The first-order valence-corrected chi connectivity index (χ1v) is 66.4. The van der Waals surface area contributed by atoms with Crippen molar-refractivity contribution in [1.29, 1.82) is 0 Å². The molecular formula is C68H90I2N18O12S6Si3Sm. The van der Waals surface area contributed by atoms with E-state index >= 15 is 0 Å². The molecule has 11 heterocycles. The third-order valence-electron chi connectivity index (χ3n) is 16.2. The number of nitrogens with zero attached hydrogens (tertiary/aromatic N) is 14. The van der Waals surface area contributed by atoms with Gasteiger partial charge in [0.1, 0.15) is 46.8 Å². The molecule has 592 valence electrons. The van der Waals surface area contributed by atoms with Crippen LogP contribution in [0.1, 0.15) is 40.3 Å². The van der Waals surface area contributed by atoms with E-state index in [2.05, 4.69) is 145 Å². The molecule has 110 heavy (non-hydrogen) atoms. The van der Waals surface area contributed by atoms with E-state index in [0.717, 1.165) is 107 Å². The number of nitrogens with two attached hydrogens (primary N) is 1. The van der Waals surface area contributed by atoms with Crippen LogP contribution in [0.25, 0.3) is 63.8 Å². The maximum atomic E-state index is 12.3. The number of fused-ring (bicyclic) bond motifs is 9. The number of hydrogen-bond donors (Lipinski definition) is 4. The van der Waals surface area contributed by atoms with E-state index in [-0.39, 0.29) is 82.9 Å². The van der Waals surface area contributed by atoms with E-state index in [4.69, 9.17) is 43.4 Å². The average Bonchev–Trinajstić information content (AvgIpc) is 1.60. The average molecular weight is 2030 g/mol. The number of allylic oxidation sites excluding steroid dienone is 1. The van der Waals surface area contributed by atoms with Crippen molar-refractivity contribution in [2.75, 3.05) is 38.6 Å². The number of nitrogens with one attached hydrogen (secondary N) is 3. The molecule has 11 aromatic heterocycles. The first-order valence-electron chi connectivity index (χ1n) is 33.6. The molecule has 0 aliphatic carbocycles. The summed E-state index contributed by atoms with van der Waals surface area (Å²) in [4.78, 5) is 54.1. The van der Waals surface area contributed by atoms with E-state index in [1.165, 1.54) is 18.5 Å². The van der Waals surface area contributed by atoms with Crippen LogP contribution in [0.3, 0.4) is 0 Å². The molecule has 13 aromatic rings. The Morgan fingerprint density at radius 3 is 1.55 bits per heavy atom. The van der Waals surface area contributed by atoms with Crippen molar-refractivity contribution in [2.24, 2.45) is 31.9 Å². The van der Waals surface area contributed by atoms with Crippen LogP contribution in [0.4, 0.5) is 0 Å². The number of aromatic amines is 3. The van der Waals surface area contributed by atoms with E-state index in [0.29, 0.717) is 58.8 Å². The second kappa shape index (κ2) is 41.4. The van der Waals surface area contributed by atoms with Gasteiger partial charge in [-0.1, -0.05) is 115 Å². The molecule has 0 saturated carbocycles. The normalized spacial score (nSPS) is 12.4. The summed E-state index contributed by atoms with van der Waals surface area (Å²) in [6.45, 7) is 24.3. The molecule has 5 N–H and O–H groups in total. The van der Waals surface area contributed by atoms with Crippen molar-refractivity contribution in [3.63, 3.8) is 0 Å². The molecule has 0 bridgehead atoms. The fourth-order valence-electron chi connectivity index (χ4n) is 10.7. The second-order valence-corrected chi connectivity index (χ2v) is 72.1. The third kappa shape index (κ3) is 25.5. The van der Waals surface area contributed by atoms with Crippen molar-refractivity contribution < 1.29 is 64.9 Å². The molecule has 42 heteroatoms. The molecule has 30 nitrogen and oxygen atoms in total. The van der Waals surface area contributed by atoms with E-state index in [9.17, 15) is 31.2 Å². The summed E-state index contributed by atoms with van der Waals surface area (Å²) >= 11 is 8.54. The minimum atomic E-state index is -3.41. The zero-order chi connectivity index (χ0) is 79.6. The Hall–Kier alpha value is -5.95. The van der Waals surface area contributed by atoms with Gasteiger partial charge in [-0.25, -0.2) is 56.4 Å². The number of sulfone groups is 2. The van der Waals surface area contributed by atoms with Crippen LogP contribution < -0.4 is 22.4 Å². The van der Waals surface area contributed by atoms with Gasteiger partial charge in [0.15, 0.2) is 26.8 Å². The minimum absolute atomic E-state index is 0. The topological polar surface area (TPSA) is 395 Å². The van der Waals surface area contributed by atoms with Gasteiger partial charge in [-0.05, 0) is 54.0 Å². The predicted molar refractivity (Wildman–Crippen MR) is 461 cm³/mol. The van der Waals surface area contributed by atoms with Gasteiger partial charge in [0, 0.05) is 118 Å². The number of aryl methyl sites for hydroxylation is 3. The Bertz CT molecular complexity index is 5760. The molecular weight excluding hydrogens is 1940 g/mol. The van der Waals surface area contributed by atoms with Crippen molar-refractivity contribution in [2.45, 2.75) is 120 Å². The molecule has 0 amide bonds. The molecule has 2 aromatic carbocycles. The van der Waals surface area contributed by atoms with Crippen LogP contribution in [-0.4, -0.2) is 173 Å². The molecule has 1 atom stereocenters. The molecule has 0 aliphatic rings. The van der Waals surface area contributed by atoms with Gasteiger partial charge >= 0.3 is 65.6 Å². The van der Waals surface area contributed by atoms with Crippen LogP contribution in [0, 0.1) is 25.5 Å². The summed E-state index contributed by atoms with van der Waals surface area (Å²) in [5, 5.41) is 32.6. The third-order valence-corrected chi connectivity index (χ3v) is 28.0. The van der Waals surface area contributed by atoms with Crippen LogP contribution >= 0.6 is 62.6 Å². The quantitative estimate of drug-likeness (QED) is 0.0179. The molecule has 0 radical (unpaired) electrons. The van der Waals surface area contributed by atoms with Crippen LogP contribution in [0.5, 0.6) is 0 Å². The summed E-state index contributed by atoms with van der Waals surface area (Å²) in [6, 6.07) is 25.9. The van der Waals surface area contributed by atoms with Gasteiger partial charge in [0.25, 0.3) is 16.7 Å². The monoisotopic (exact) mass is 2030 g/mol. The zero-order valence-electron chi connectivity index (χ0n) is 62.2. The fourth-order valence-corrected chi connectivity index (χ4v) is 18.5. The number of H-pyrrole nitrogens is 3. The SMILES string of the molecule is C.C[Si](C)(C)CCOCN=CC=C(N)CS(=O)(=O)c1ccccc1.Cn1c2nc(C(c3ccccc3)c3ccn(COCC[Si](C)(C)C)n3)sc2c2cn[nH]c(=O)c21.Cn1c2nc(Cc3ccn(COCC[Si](C)(C)C)n3)sc2c2cn[nH]c(=O)c21.Cn1c2nc(S(C)(=O)=O)sc2c2cn[nH]c(=O)c21.O=S=O.[I][Sm][I]. The molecule has 1 unspecified atom stereocenters. The number of rotatable bonds is 25. The van der Waals surface area contributed by atoms with E-state index in [1.54, 1.807) is 77.0 Å². The fraction of sp³-hybridized carbons (Fsp3) is 0.382. The van der Waals surface area contributed by atoms with Crippen molar-refractivity contribution in [3.05, 3.63) is 174 Å². The van der Waals surface area contributed by atoms with Crippen molar-refractivity contribution in [1.82, 2.24) is 78.8 Å². The van der Waals surface area contributed by atoms with E-state index < -0.39 is 55.5 Å². The number of ether oxygens (including phenoxy) is 3. The number of halogens is 2. The Kier molecular flexibility index (Phi) is 34.3. The number of aliphatic imine (C=N–C) groups is 1. The molecule has 0 spiro atoms. The van der Waals surface area contributed by atoms with Gasteiger partial charge in [0.05, 0.1) is 60.6 Å². The van der Waals surface area contributed by atoms with Crippen molar-refractivity contribution >= 4 is 188 Å². The van der Waals surface area contributed by atoms with Crippen LogP contribution in [0.15, 0.2) is 144 Å². The number of benzene rings is 2. The van der Waals surface area contributed by atoms with Gasteiger partial charge in [0.2, 0.25) is 14.2 Å². The van der Waals surface area contributed by atoms with Gasteiger partial charge < -0.3 is 33.6 Å². The zero-order valence-corrected chi connectivity index (χ0v) is 77.0. The number of thiazole rings is 3. The summed E-state index contributed by atoms with van der Waals surface area (Å²) in [5.74, 6) is -0.341. The van der Waals surface area contributed by atoms with Gasteiger partial charge in [-0.15, -0.1) is 34.0 Å². The Morgan fingerprint density at radius 1 is 0.627 bits per heavy atom. The first kappa shape index (κ1) is 91.2. The Labute approximate surface area is 687 Å². The van der Waals surface area contributed by atoms with Crippen molar-refractivity contribution in [3.8, 4) is 0 Å². The summed E-state index contributed by atoms with van der Waals surface area (Å²) in [7, 11) is -4.62. The molecule has 0 fully saturated rings. The van der Waals surface area contributed by atoms with E-state index in [1.807, 2.05) is 75.3 Å². The molecule has 13 rings (SSSR count). The number of hydrogen-bond acceptors (Lipinski definition) is 25. The van der Waals surface area contributed by atoms with Gasteiger partial charge in [-0.3, -0.25) is 19.4 Å². The summed E-state index contributed by atoms with van der Waals surface area (Å²) in [6.07, 6.45) is 13.5. The number of aromatic nitrogens is 16. The van der Waals surface area contributed by atoms with Crippen LogP contribution in [-0.2, 0) is 86.5 Å². The second-order valence-electron chi connectivity index (χ2n) is 28.4. The van der Waals surface area contributed by atoms with Gasteiger partial charge in [-0.2, -0.15) is 33.9 Å². The maximum absolute atomic E-state index is 12.3. The summed E-state index contributed by atoms with van der Waals surface area (Å²) in [5.41, 5.74) is 12.0. The Balaban J connectivity index is 0.000000203. The first-order chi connectivity index (χ1) is 51.6. The van der Waals surface area contributed by atoms with Crippen LogP contribution in [0.2, 0.25) is 77.1 Å².